The number of anilines is 1. The Hall–Kier alpha value is -1.96. The van der Waals surface area contributed by atoms with E-state index in [1.54, 1.807) is 0 Å². The van der Waals surface area contributed by atoms with Crippen molar-refractivity contribution >= 4 is 11.7 Å². The molecule has 1 rings (SSSR count). The van der Waals surface area contributed by atoms with Gasteiger partial charge in [-0.3, -0.25) is 0 Å². The minimum atomic E-state index is -4.74. The molecule has 2 amide bonds. The van der Waals surface area contributed by atoms with Crippen LogP contribution >= 0.6 is 0 Å². The molecular formula is C15H21F3N2O3. The average Bonchev–Trinajstić information content (AvgIpc) is 2.44. The van der Waals surface area contributed by atoms with Crippen LogP contribution in [0.15, 0.2) is 24.3 Å². The topological polar surface area (TPSA) is 70.6 Å². The molecule has 1 aromatic carbocycles. The van der Waals surface area contributed by atoms with Crippen molar-refractivity contribution < 1.29 is 27.8 Å². The summed E-state index contributed by atoms with van der Waals surface area (Å²) >= 11 is 0. The predicted molar refractivity (Wildman–Crippen MR) is 80.2 cm³/mol. The lowest BCUT2D eigenvalue weighted by Crippen LogP contribution is -2.30. The summed E-state index contributed by atoms with van der Waals surface area (Å²) in [5, 5.41) is 14.3. The first-order valence-electron chi connectivity index (χ1n) is 7.13. The number of carbonyl (C=O) groups excluding carboxylic acids is 1. The number of nitrogens with one attached hydrogen (secondary N) is 2. The van der Waals surface area contributed by atoms with E-state index < -0.39 is 12.4 Å². The zero-order valence-electron chi connectivity index (χ0n) is 13.0. The lowest BCUT2D eigenvalue weighted by atomic mass is 9.89. The van der Waals surface area contributed by atoms with Crippen LogP contribution in [0.3, 0.4) is 0 Å². The third-order valence-corrected chi connectivity index (χ3v) is 3.09. The van der Waals surface area contributed by atoms with Crippen molar-refractivity contribution in [2.75, 3.05) is 18.5 Å². The summed E-state index contributed by atoms with van der Waals surface area (Å²) in [7, 11) is 0. The number of benzene rings is 1. The van der Waals surface area contributed by atoms with Gasteiger partial charge in [-0.25, -0.2) is 4.79 Å². The normalized spacial score (nSPS) is 11.9. The Labute approximate surface area is 132 Å². The van der Waals surface area contributed by atoms with E-state index in [4.69, 9.17) is 5.11 Å². The Bertz CT molecular complexity index is 502. The number of rotatable bonds is 7. The van der Waals surface area contributed by atoms with E-state index in [1.165, 1.54) is 12.1 Å². The molecule has 130 valence electrons. The van der Waals surface area contributed by atoms with E-state index in [0.29, 0.717) is 18.7 Å². The van der Waals surface area contributed by atoms with Crippen LogP contribution in [0.25, 0.3) is 0 Å². The number of amides is 2. The number of hydrogen-bond acceptors (Lipinski definition) is 3. The fourth-order valence-electron chi connectivity index (χ4n) is 1.76. The lowest BCUT2D eigenvalue weighted by molar-refractivity contribution is -0.274. The van der Waals surface area contributed by atoms with Crippen molar-refractivity contribution in [2.24, 2.45) is 5.41 Å². The fourth-order valence-corrected chi connectivity index (χ4v) is 1.76. The van der Waals surface area contributed by atoms with Gasteiger partial charge in [-0.05, 0) is 42.5 Å². The molecule has 0 radical (unpaired) electrons. The molecule has 0 aliphatic carbocycles. The van der Waals surface area contributed by atoms with Gasteiger partial charge >= 0.3 is 12.4 Å². The van der Waals surface area contributed by atoms with Crippen molar-refractivity contribution in [3.8, 4) is 5.75 Å². The third kappa shape index (κ3) is 8.29. The average molecular weight is 334 g/mol. The molecule has 0 aliphatic heterocycles. The molecule has 23 heavy (non-hydrogen) atoms. The Morgan fingerprint density at radius 2 is 1.83 bits per heavy atom. The zero-order valence-corrected chi connectivity index (χ0v) is 13.0. The van der Waals surface area contributed by atoms with Crippen LogP contribution in [-0.4, -0.2) is 30.7 Å². The summed E-state index contributed by atoms with van der Waals surface area (Å²) < 4.78 is 39.8. The van der Waals surface area contributed by atoms with Gasteiger partial charge in [0.05, 0.1) is 0 Å². The van der Waals surface area contributed by atoms with E-state index in [0.717, 1.165) is 18.6 Å². The molecule has 0 fully saturated rings. The summed E-state index contributed by atoms with van der Waals surface area (Å²) in [6, 6.07) is 4.42. The van der Waals surface area contributed by atoms with Gasteiger partial charge in [0.15, 0.2) is 0 Å². The summed E-state index contributed by atoms with van der Waals surface area (Å²) in [5.41, 5.74) is 0.166. The fraction of sp³-hybridized carbons (Fsp3) is 0.533. The Morgan fingerprint density at radius 1 is 1.22 bits per heavy atom. The monoisotopic (exact) mass is 334 g/mol. The standard InChI is InChI=1S/C15H21F3N2O3/c1-14(2,10-21)8-3-9-19-13(22)20-11-4-6-12(7-5-11)23-15(16,17)18/h4-7,21H,3,8-10H2,1-2H3,(H2,19,20,22). The number of alkyl halides is 3. The molecule has 0 unspecified atom stereocenters. The molecule has 1 aromatic rings. The van der Waals surface area contributed by atoms with E-state index in [2.05, 4.69) is 15.4 Å². The van der Waals surface area contributed by atoms with Crippen molar-refractivity contribution in [3.63, 3.8) is 0 Å². The highest BCUT2D eigenvalue weighted by Crippen LogP contribution is 2.24. The molecule has 0 saturated heterocycles. The summed E-state index contributed by atoms with van der Waals surface area (Å²) in [6.45, 7) is 4.37. The maximum atomic E-state index is 12.0. The van der Waals surface area contributed by atoms with Crippen molar-refractivity contribution in [1.29, 1.82) is 0 Å². The number of carbonyl (C=O) groups is 1. The molecule has 0 aromatic heterocycles. The van der Waals surface area contributed by atoms with Crippen LogP contribution in [0.5, 0.6) is 5.75 Å². The largest absolute Gasteiger partial charge is 0.573 e. The van der Waals surface area contributed by atoms with Gasteiger partial charge in [0.25, 0.3) is 0 Å². The first-order valence-corrected chi connectivity index (χ1v) is 7.13. The minimum Gasteiger partial charge on any atom is -0.406 e. The van der Waals surface area contributed by atoms with Crippen LogP contribution in [0.2, 0.25) is 0 Å². The summed E-state index contributed by atoms with van der Waals surface area (Å²) in [6.07, 6.45) is -3.28. The molecule has 0 heterocycles. The van der Waals surface area contributed by atoms with Crippen LogP contribution < -0.4 is 15.4 Å². The number of hydrogen-bond donors (Lipinski definition) is 3. The van der Waals surface area contributed by atoms with Crippen molar-refractivity contribution in [2.45, 2.75) is 33.1 Å². The van der Waals surface area contributed by atoms with Gasteiger partial charge in [-0.15, -0.1) is 13.2 Å². The first kappa shape index (κ1) is 19.1. The molecule has 8 heteroatoms. The van der Waals surface area contributed by atoms with Gasteiger partial charge < -0.3 is 20.5 Å². The molecular weight excluding hydrogens is 313 g/mol. The Kier molecular flexibility index (Phi) is 6.68. The summed E-state index contributed by atoms with van der Waals surface area (Å²) in [4.78, 5) is 11.6. The molecule has 0 aliphatic rings. The second-order valence-electron chi connectivity index (χ2n) is 5.88. The molecule has 3 N–H and O–H groups in total. The minimum absolute atomic E-state index is 0.0749. The van der Waals surface area contributed by atoms with Gasteiger partial charge in [-0.2, -0.15) is 0 Å². The summed E-state index contributed by atoms with van der Waals surface area (Å²) in [5.74, 6) is -0.352. The Balaban J connectivity index is 2.34. The van der Waals surface area contributed by atoms with Gasteiger partial charge in [0.1, 0.15) is 5.75 Å². The molecule has 0 atom stereocenters. The van der Waals surface area contributed by atoms with E-state index >= 15 is 0 Å². The van der Waals surface area contributed by atoms with Crippen LogP contribution in [0.1, 0.15) is 26.7 Å². The molecule has 5 nitrogen and oxygen atoms in total. The second kappa shape index (κ2) is 8.05. The van der Waals surface area contributed by atoms with Crippen LogP contribution in [0.4, 0.5) is 23.7 Å². The molecule has 0 spiro atoms. The highest BCUT2D eigenvalue weighted by atomic mass is 19.4. The number of aliphatic hydroxyl groups excluding tert-OH is 1. The number of ether oxygens (including phenoxy) is 1. The van der Waals surface area contributed by atoms with Crippen LogP contribution in [0, 0.1) is 5.41 Å². The van der Waals surface area contributed by atoms with E-state index in [-0.39, 0.29) is 17.8 Å². The smallest absolute Gasteiger partial charge is 0.406 e. The SMILES string of the molecule is CC(C)(CO)CCCNC(=O)Nc1ccc(OC(F)(F)F)cc1. The van der Waals surface area contributed by atoms with Gasteiger partial charge in [-0.1, -0.05) is 13.8 Å². The van der Waals surface area contributed by atoms with E-state index in [9.17, 15) is 18.0 Å². The molecule has 0 bridgehead atoms. The van der Waals surface area contributed by atoms with E-state index in [1.807, 2.05) is 13.8 Å². The third-order valence-electron chi connectivity index (χ3n) is 3.09. The number of halogens is 3. The zero-order chi connectivity index (χ0) is 17.5. The van der Waals surface area contributed by atoms with Crippen LogP contribution in [-0.2, 0) is 0 Å². The highest BCUT2D eigenvalue weighted by molar-refractivity contribution is 5.89. The second-order valence-corrected chi connectivity index (χ2v) is 5.88. The van der Waals surface area contributed by atoms with Gasteiger partial charge in [0, 0.05) is 18.8 Å². The maximum absolute atomic E-state index is 12.0. The van der Waals surface area contributed by atoms with Gasteiger partial charge in [0.2, 0.25) is 0 Å². The quantitative estimate of drug-likeness (QED) is 0.668. The predicted octanol–water partition coefficient (Wildman–Crippen LogP) is 3.51. The number of aliphatic hydroxyl groups is 1. The lowest BCUT2D eigenvalue weighted by Gasteiger charge is -2.21. The highest BCUT2D eigenvalue weighted by Gasteiger charge is 2.30. The van der Waals surface area contributed by atoms with Crippen molar-refractivity contribution in [3.05, 3.63) is 24.3 Å². The number of urea groups is 1. The Morgan fingerprint density at radius 3 is 2.35 bits per heavy atom. The maximum Gasteiger partial charge on any atom is 0.573 e. The first-order chi connectivity index (χ1) is 10.6. The molecule has 0 saturated carbocycles. The van der Waals surface area contributed by atoms with Crippen molar-refractivity contribution in [1.82, 2.24) is 5.32 Å².